The van der Waals surface area contributed by atoms with Crippen molar-refractivity contribution in [1.29, 1.82) is 0 Å². The zero-order chi connectivity index (χ0) is 16.4. The molecular formula is C15H9F3N2O2S. The summed E-state index contributed by atoms with van der Waals surface area (Å²) >= 11 is 0.899. The van der Waals surface area contributed by atoms with E-state index in [1.807, 2.05) is 0 Å². The van der Waals surface area contributed by atoms with E-state index in [1.54, 1.807) is 18.2 Å². The Morgan fingerprint density at radius 1 is 1.22 bits per heavy atom. The van der Waals surface area contributed by atoms with Crippen LogP contribution >= 0.6 is 11.8 Å². The second-order valence-corrected chi connectivity index (χ2v) is 5.56. The number of carbonyl (C=O) groups is 1. The molecule has 0 saturated carbocycles. The molecule has 0 spiro atoms. The van der Waals surface area contributed by atoms with Crippen molar-refractivity contribution in [3.8, 4) is 0 Å². The fourth-order valence-electron chi connectivity index (χ4n) is 1.90. The number of carbonyl (C=O) groups excluding carboxylic acids is 1. The van der Waals surface area contributed by atoms with Crippen LogP contribution in [0.5, 0.6) is 0 Å². The van der Waals surface area contributed by atoms with Crippen LogP contribution in [0.25, 0.3) is 6.08 Å². The zero-order valence-corrected chi connectivity index (χ0v) is 12.2. The number of furan rings is 1. The first-order valence-electron chi connectivity index (χ1n) is 6.42. The lowest BCUT2D eigenvalue weighted by Gasteiger charge is -2.07. The lowest BCUT2D eigenvalue weighted by atomic mass is 10.2. The highest BCUT2D eigenvalue weighted by atomic mass is 32.2. The van der Waals surface area contributed by atoms with E-state index in [9.17, 15) is 18.0 Å². The molecule has 1 aliphatic rings. The fraction of sp³-hybridized carbons (Fsp3) is 0.0667. The van der Waals surface area contributed by atoms with E-state index in [2.05, 4.69) is 10.3 Å². The third-order valence-corrected chi connectivity index (χ3v) is 3.71. The minimum absolute atomic E-state index is 0.1000. The van der Waals surface area contributed by atoms with E-state index in [0.29, 0.717) is 10.7 Å². The van der Waals surface area contributed by atoms with Gasteiger partial charge >= 0.3 is 6.18 Å². The van der Waals surface area contributed by atoms with E-state index in [4.69, 9.17) is 4.42 Å². The van der Waals surface area contributed by atoms with Crippen molar-refractivity contribution in [3.05, 3.63) is 58.9 Å². The Morgan fingerprint density at radius 3 is 2.74 bits per heavy atom. The van der Waals surface area contributed by atoms with Gasteiger partial charge in [0.15, 0.2) is 0 Å². The summed E-state index contributed by atoms with van der Waals surface area (Å²) in [5, 5.41) is 2.15. The molecule has 2 aromatic rings. The molecule has 23 heavy (non-hydrogen) atoms. The SMILES string of the molecule is O=C1NC(=Nc2cccc(C(F)(F)F)c2)/C(=C/c2ccco2)S1. The normalized spacial score (nSPS) is 18.7. The smallest absolute Gasteiger partial charge is 0.416 e. The Morgan fingerprint density at radius 2 is 2.04 bits per heavy atom. The van der Waals surface area contributed by atoms with Gasteiger partial charge in [0.05, 0.1) is 22.4 Å². The van der Waals surface area contributed by atoms with E-state index in [1.165, 1.54) is 18.4 Å². The summed E-state index contributed by atoms with van der Waals surface area (Å²) in [7, 11) is 0. The molecule has 0 aliphatic carbocycles. The van der Waals surface area contributed by atoms with Crippen molar-refractivity contribution in [2.75, 3.05) is 0 Å². The first kappa shape index (κ1) is 15.4. The number of nitrogens with zero attached hydrogens (tertiary/aromatic N) is 1. The van der Waals surface area contributed by atoms with Crippen LogP contribution in [0.1, 0.15) is 11.3 Å². The molecule has 0 bridgehead atoms. The zero-order valence-electron chi connectivity index (χ0n) is 11.4. The average Bonchev–Trinajstić information content (AvgIpc) is 3.09. The van der Waals surface area contributed by atoms with Crippen molar-refractivity contribution in [1.82, 2.24) is 5.32 Å². The Kier molecular flexibility index (Phi) is 3.99. The number of amidine groups is 1. The molecule has 2 heterocycles. The van der Waals surface area contributed by atoms with Gasteiger partial charge in [-0.2, -0.15) is 13.2 Å². The number of amides is 1. The van der Waals surface area contributed by atoms with Crippen LogP contribution < -0.4 is 5.32 Å². The number of nitrogens with one attached hydrogen (secondary N) is 1. The number of halogens is 3. The lowest BCUT2D eigenvalue weighted by Crippen LogP contribution is -2.18. The first-order valence-corrected chi connectivity index (χ1v) is 7.24. The van der Waals surface area contributed by atoms with E-state index in [-0.39, 0.29) is 16.8 Å². The summed E-state index contributed by atoms with van der Waals surface area (Å²) in [4.78, 5) is 16.1. The first-order chi connectivity index (χ1) is 10.9. The van der Waals surface area contributed by atoms with Gasteiger partial charge in [0.1, 0.15) is 11.6 Å². The third-order valence-electron chi connectivity index (χ3n) is 2.89. The number of alkyl halides is 3. The Hall–Kier alpha value is -2.48. The second-order valence-electron chi connectivity index (χ2n) is 4.55. The van der Waals surface area contributed by atoms with Crippen LogP contribution in [0.15, 0.2) is 57.0 Å². The van der Waals surface area contributed by atoms with Gasteiger partial charge in [-0.15, -0.1) is 0 Å². The highest BCUT2D eigenvalue weighted by molar-refractivity contribution is 8.18. The maximum absolute atomic E-state index is 12.7. The van der Waals surface area contributed by atoms with Gasteiger partial charge in [0.2, 0.25) is 0 Å². The third kappa shape index (κ3) is 3.65. The number of aliphatic imine (C=N–C) groups is 1. The van der Waals surface area contributed by atoms with E-state index >= 15 is 0 Å². The van der Waals surface area contributed by atoms with Crippen LogP contribution in [0.3, 0.4) is 0 Å². The van der Waals surface area contributed by atoms with Crippen molar-refractivity contribution in [3.63, 3.8) is 0 Å². The largest absolute Gasteiger partial charge is 0.465 e. The van der Waals surface area contributed by atoms with Gasteiger partial charge in [-0.3, -0.25) is 4.79 Å². The summed E-state index contributed by atoms with van der Waals surface area (Å²) < 4.78 is 43.3. The molecule has 1 aliphatic heterocycles. The molecule has 3 rings (SSSR count). The molecule has 1 aromatic carbocycles. The standard InChI is InChI=1S/C15H9F3N2O2S/c16-15(17,18)9-3-1-4-10(7-9)19-13-12(23-14(21)20-13)8-11-5-2-6-22-11/h1-8H,(H,19,20,21)/b12-8-. The molecule has 4 nitrogen and oxygen atoms in total. The van der Waals surface area contributed by atoms with Crippen LogP contribution in [-0.4, -0.2) is 11.1 Å². The van der Waals surface area contributed by atoms with E-state index < -0.39 is 11.7 Å². The average molecular weight is 338 g/mol. The molecule has 0 unspecified atom stereocenters. The molecule has 0 radical (unpaired) electrons. The minimum Gasteiger partial charge on any atom is -0.465 e. The second kappa shape index (κ2) is 5.96. The van der Waals surface area contributed by atoms with Gasteiger partial charge in [0.25, 0.3) is 5.24 Å². The summed E-state index contributed by atoms with van der Waals surface area (Å²) in [6, 6.07) is 7.96. The predicted octanol–water partition coefficient (Wildman–Crippen LogP) is 4.83. The summed E-state index contributed by atoms with van der Waals surface area (Å²) in [6.07, 6.45) is -1.38. The lowest BCUT2D eigenvalue weighted by molar-refractivity contribution is -0.137. The molecule has 0 atom stereocenters. The molecule has 1 saturated heterocycles. The monoisotopic (exact) mass is 338 g/mol. The topological polar surface area (TPSA) is 54.6 Å². The van der Waals surface area contributed by atoms with Gasteiger partial charge in [0, 0.05) is 0 Å². The van der Waals surface area contributed by atoms with Gasteiger partial charge in [-0.25, -0.2) is 4.99 Å². The van der Waals surface area contributed by atoms with Crippen LogP contribution in [-0.2, 0) is 6.18 Å². The maximum Gasteiger partial charge on any atom is 0.416 e. The molecule has 1 fully saturated rings. The Balaban J connectivity index is 1.96. The number of hydrogen-bond acceptors (Lipinski definition) is 4. The number of hydrogen-bond donors (Lipinski definition) is 1. The molecule has 1 N–H and O–H groups in total. The molecule has 8 heteroatoms. The van der Waals surface area contributed by atoms with E-state index in [0.717, 1.165) is 23.9 Å². The fourth-order valence-corrected chi connectivity index (χ4v) is 2.61. The summed E-state index contributed by atoms with van der Waals surface area (Å²) in [5.74, 6) is 0.705. The molecular weight excluding hydrogens is 329 g/mol. The molecule has 1 amide bonds. The van der Waals surface area contributed by atoms with Gasteiger partial charge in [-0.1, -0.05) is 6.07 Å². The highest BCUT2D eigenvalue weighted by Gasteiger charge is 2.30. The maximum atomic E-state index is 12.7. The van der Waals surface area contributed by atoms with Crippen LogP contribution in [0, 0.1) is 0 Å². The predicted molar refractivity (Wildman–Crippen MR) is 81.3 cm³/mol. The van der Waals surface area contributed by atoms with Crippen LogP contribution in [0.2, 0.25) is 0 Å². The quantitative estimate of drug-likeness (QED) is 0.853. The van der Waals surface area contributed by atoms with Crippen molar-refractivity contribution < 1.29 is 22.4 Å². The minimum atomic E-state index is -4.45. The van der Waals surface area contributed by atoms with Gasteiger partial charge < -0.3 is 9.73 Å². The van der Waals surface area contributed by atoms with Crippen molar-refractivity contribution in [2.24, 2.45) is 4.99 Å². The number of thioether (sulfide) groups is 1. The summed E-state index contributed by atoms with van der Waals surface area (Å²) in [5.41, 5.74) is -0.698. The number of benzene rings is 1. The summed E-state index contributed by atoms with van der Waals surface area (Å²) in [6.45, 7) is 0. The molecule has 1 aromatic heterocycles. The molecule has 118 valence electrons. The number of rotatable bonds is 2. The van der Waals surface area contributed by atoms with Crippen molar-refractivity contribution >= 4 is 34.6 Å². The van der Waals surface area contributed by atoms with Crippen LogP contribution in [0.4, 0.5) is 23.7 Å². The highest BCUT2D eigenvalue weighted by Crippen LogP contribution is 2.33. The van der Waals surface area contributed by atoms with Crippen molar-refractivity contribution in [2.45, 2.75) is 6.18 Å². The van der Waals surface area contributed by atoms with Gasteiger partial charge in [-0.05, 0) is 48.2 Å². The Labute approximate surface area is 133 Å². The Bertz CT molecular complexity index is 795.